The Kier molecular flexibility index (Phi) is 4.62. The number of fused-ring (bicyclic) bond motifs is 1. The normalized spacial score (nSPS) is 11.2. The van der Waals surface area contributed by atoms with Gasteiger partial charge in [0.2, 0.25) is 0 Å². The van der Waals surface area contributed by atoms with E-state index in [-0.39, 0.29) is 17.0 Å². The molecule has 0 fully saturated rings. The maximum atomic E-state index is 13.1. The lowest BCUT2D eigenvalue weighted by atomic mass is 10.2. The van der Waals surface area contributed by atoms with Gasteiger partial charge in [-0.05, 0) is 48.0 Å². The Balaban J connectivity index is 1.89. The van der Waals surface area contributed by atoms with Crippen LogP contribution in [0.2, 0.25) is 0 Å². The molecule has 0 aliphatic rings. The number of nitro benzene ring substituents is 1. The first kappa shape index (κ1) is 18.1. The van der Waals surface area contributed by atoms with Crippen LogP contribution in [0.15, 0.2) is 77.6 Å². The first-order chi connectivity index (χ1) is 14.0. The summed E-state index contributed by atoms with van der Waals surface area (Å²) >= 11 is 0. The minimum atomic E-state index is -0.489. The zero-order valence-corrected chi connectivity index (χ0v) is 15.1. The lowest BCUT2D eigenvalue weighted by Crippen LogP contribution is -2.22. The second kappa shape index (κ2) is 7.40. The zero-order chi connectivity index (χ0) is 20.4. The molecule has 4 aromatic rings. The second-order valence-electron chi connectivity index (χ2n) is 6.33. The summed E-state index contributed by atoms with van der Waals surface area (Å²) < 4.78 is 1.42. The van der Waals surface area contributed by atoms with Gasteiger partial charge < -0.3 is 5.11 Å². The third-order valence-electron chi connectivity index (χ3n) is 4.44. The van der Waals surface area contributed by atoms with Gasteiger partial charge in [0.1, 0.15) is 11.6 Å². The van der Waals surface area contributed by atoms with Crippen LogP contribution in [0.25, 0.3) is 28.7 Å². The van der Waals surface area contributed by atoms with Crippen molar-refractivity contribution in [2.45, 2.75) is 0 Å². The molecule has 0 bridgehead atoms. The Morgan fingerprint density at radius 2 is 1.62 bits per heavy atom. The smallest absolute Gasteiger partial charge is 0.269 e. The monoisotopic (exact) mass is 385 g/mol. The molecule has 7 heteroatoms. The highest BCUT2D eigenvalue weighted by Crippen LogP contribution is 2.19. The predicted octanol–water partition coefficient (Wildman–Crippen LogP) is 4.17. The van der Waals surface area contributed by atoms with Crippen molar-refractivity contribution in [3.63, 3.8) is 0 Å². The highest BCUT2D eigenvalue weighted by atomic mass is 16.6. The Morgan fingerprint density at radius 3 is 2.31 bits per heavy atom. The number of hydrogen-bond acceptors (Lipinski definition) is 5. The number of para-hydroxylation sites is 1. The fourth-order valence-electron chi connectivity index (χ4n) is 2.99. The number of rotatable bonds is 4. The van der Waals surface area contributed by atoms with Crippen LogP contribution in [0.1, 0.15) is 11.4 Å². The van der Waals surface area contributed by atoms with Gasteiger partial charge in [0, 0.05) is 12.1 Å². The van der Waals surface area contributed by atoms with E-state index in [9.17, 15) is 20.0 Å². The average Bonchev–Trinajstić information content (AvgIpc) is 2.73. The molecule has 1 heterocycles. The van der Waals surface area contributed by atoms with Crippen LogP contribution in [0.5, 0.6) is 5.75 Å². The molecule has 0 radical (unpaired) electrons. The summed E-state index contributed by atoms with van der Waals surface area (Å²) in [5.41, 5.74) is 1.53. The Labute approximate surface area is 165 Å². The molecule has 3 aromatic carbocycles. The molecule has 142 valence electrons. The van der Waals surface area contributed by atoms with Gasteiger partial charge in [0.05, 0.1) is 21.5 Å². The first-order valence-corrected chi connectivity index (χ1v) is 8.77. The number of phenolic OH excluding ortho intramolecular Hbond substituents is 1. The number of nitrogens with zero attached hydrogens (tertiary/aromatic N) is 3. The molecule has 4 rings (SSSR count). The van der Waals surface area contributed by atoms with Crippen molar-refractivity contribution >= 4 is 28.7 Å². The lowest BCUT2D eigenvalue weighted by molar-refractivity contribution is -0.384. The maximum absolute atomic E-state index is 13.1. The van der Waals surface area contributed by atoms with Gasteiger partial charge in [0.15, 0.2) is 0 Å². The van der Waals surface area contributed by atoms with Crippen molar-refractivity contribution in [2.75, 3.05) is 0 Å². The molecule has 0 unspecified atom stereocenters. The van der Waals surface area contributed by atoms with E-state index in [1.807, 2.05) is 0 Å². The van der Waals surface area contributed by atoms with E-state index < -0.39 is 4.92 Å². The fraction of sp³-hybridized carbons (Fsp3) is 0. The van der Waals surface area contributed by atoms with Gasteiger partial charge in [-0.15, -0.1) is 0 Å². The number of hydrogen-bond donors (Lipinski definition) is 1. The highest BCUT2D eigenvalue weighted by molar-refractivity contribution is 5.80. The molecule has 0 atom stereocenters. The minimum absolute atomic E-state index is 0.0586. The van der Waals surface area contributed by atoms with E-state index >= 15 is 0 Å². The van der Waals surface area contributed by atoms with Crippen molar-refractivity contribution < 1.29 is 10.0 Å². The number of aromatic hydroxyl groups is 1. The topological polar surface area (TPSA) is 98.3 Å². The highest BCUT2D eigenvalue weighted by Gasteiger charge is 2.12. The second-order valence-corrected chi connectivity index (χ2v) is 6.33. The third-order valence-corrected chi connectivity index (χ3v) is 4.44. The summed E-state index contributed by atoms with van der Waals surface area (Å²) in [5, 5.41) is 20.8. The molecule has 29 heavy (non-hydrogen) atoms. The fourth-order valence-corrected chi connectivity index (χ4v) is 2.99. The van der Waals surface area contributed by atoms with Gasteiger partial charge >= 0.3 is 0 Å². The van der Waals surface area contributed by atoms with Crippen LogP contribution in [0.4, 0.5) is 5.69 Å². The van der Waals surface area contributed by atoms with E-state index in [2.05, 4.69) is 4.98 Å². The van der Waals surface area contributed by atoms with Gasteiger partial charge in [-0.1, -0.05) is 30.3 Å². The largest absolute Gasteiger partial charge is 0.508 e. The number of aromatic nitrogens is 2. The van der Waals surface area contributed by atoms with Gasteiger partial charge in [-0.2, -0.15) is 0 Å². The van der Waals surface area contributed by atoms with E-state index in [4.69, 9.17) is 0 Å². The van der Waals surface area contributed by atoms with E-state index in [0.29, 0.717) is 22.4 Å². The number of nitro groups is 1. The van der Waals surface area contributed by atoms with Crippen molar-refractivity contribution in [1.29, 1.82) is 0 Å². The van der Waals surface area contributed by atoms with Crippen LogP contribution in [0, 0.1) is 10.1 Å². The molecule has 1 N–H and O–H groups in total. The summed E-state index contributed by atoms with van der Waals surface area (Å²) in [7, 11) is 0. The molecule has 0 saturated carbocycles. The van der Waals surface area contributed by atoms with Crippen molar-refractivity contribution in [3.05, 3.63) is 105 Å². The third kappa shape index (κ3) is 3.61. The van der Waals surface area contributed by atoms with Crippen LogP contribution < -0.4 is 5.56 Å². The summed E-state index contributed by atoms with van der Waals surface area (Å²) in [6, 6.07) is 19.4. The van der Waals surface area contributed by atoms with Crippen LogP contribution >= 0.6 is 0 Å². The summed E-state index contributed by atoms with van der Waals surface area (Å²) in [6.07, 6.45) is 3.47. The minimum Gasteiger partial charge on any atom is -0.508 e. The summed E-state index contributed by atoms with van der Waals surface area (Å²) in [4.78, 5) is 28.2. The molecule has 1 aromatic heterocycles. The molecular weight excluding hydrogens is 370 g/mol. The molecular formula is C22H15N3O4. The van der Waals surface area contributed by atoms with E-state index in [1.54, 1.807) is 60.7 Å². The van der Waals surface area contributed by atoms with Gasteiger partial charge in [0.25, 0.3) is 11.2 Å². The Bertz CT molecular complexity index is 1290. The van der Waals surface area contributed by atoms with E-state index in [1.165, 1.54) is 28.8 Å². The van der Waals surface area contributed by atoms with Crippen molar-refractivity contribution in [3.8, 4) is 11.4 Å². The Morgan fingerprint density at radius 1 is 0.931 bits per heavy atom. The van der Waals surface area contributed by atoms with Crippen molar-refractivity contribution in [1.82, 2.24) is 9.55 Å². The molecule has 7 nitrogen and oxygen atoms in total. The predicted molar refractivity (Wildman–Crippen MR) is 111 cm³/mol. The number of benzene rings is 3. The standard InChI is InChI=1S/C22H15N3O4/c26-18-12-5-15(6-13-18)7-14-21-23-20-4-2-1-3-19(20)22(27)24(21)16-8-10-17(11-9-16)25(28)29/h1-14,26H. The van der Waals surface area contributed by atoms with Crippen LogP contribution in [0.3, 0.4) is 0 Å². The lowest BCUT2D eigenvalue weighted by Gasteiger charge is -2.11. The van der Waals surface area contributed by atoms with Crippen LogP contribution in [-0.2, 0) is 0 Å². The molecule has 0 amide bonds. The molecule has 0 aliphatic heterocycles. The molecule has 0 aliphatic carbocycles. The Hall–Kier alpha value is -4.26. The molecule has 0 saturated heterocycles. The summed E-state index contributed by atoms with van der Waals surface area (Å²) in [6.45, 7) is 0. The molecule has 0 spiro atoms. The number of phenols is 1. The van der Waals surface area contributed by atoms with Crippen LogP contribution in [-0.4, -0.2) is 19.6 Å². The van der Waals surface area contributed by atoms with Gasteiger partial charge in [-0.25, -0.2) is 4.98 Å². The van der Waals surface area contributed by atoms with E-state index in [0.717, 1.165) is 5.56 Å². The first-order valence-electron chi connectivity index (χ1n) is 8.77. The zero-order valence-electron chi connectivity index (χ0n) is 15.1. The van der Waals surface area contributed by atoms with Crippen molar-refractivity contribution in [2.24, 2.45) is 0 Å². The SMILES string of the molecule is O=c1c2ccccc2nc(C=Cc2ccc(O)cc2)n1-c1ccc([N+](=O)[O-])cc1. The average molecular weight is 385 g/mol. The van der Waals surface area contributed by atoms with Gasteiger partial charge in [-0.3, -0.25) is 19.5 Å². The number of non-ortho nitro benzene ring substituents is 1. The summed E-state index contributed by atoms with van der Waals surface area (Å²) in [5.74, 6) is 0.546. The maximum Gasteiger partial charge on any atom is 0.269 e. The quantitative estimate of drug-likeness (QED) is 0.420.